The molecule has 0 radical (unpaired) electrons. The van der Waals surface area contributed by atoms with Crippen molar-refractivity contribution in [1.82, 2.24) is 20.6 Å². The average molecular weight is 525 g/mol. The van der Waals surface area contributed by atoms with E-state index in [4.69, 9.17) is 14.6 Å². The lowest BCUT2D eigenvalue weighted by Gasteiger charge is -2.29. The third-order valence-electron chi connectivity index (χ3n) is 7.39. The Morgan fingerprint density at radius 3 is 2.45 bits per heavy atom. The molecule has 2 fully saturated rings. The maximum Gasteiger partial charge on any atom is 0.255 e. The number of aromatic nitrogens is 2. The van der Waals surface area contributed by atoms with Crippen LogP contribution in [0.5, 0.6) is 11.5 Å². The predicted octanol–water partition coefficient (Wildman–Crippen LogP) is 3.62. The predicted molar refractivity (Wildman–Crippen MR) is 140 cm³/mol. The molecule has 2 amide bonds. The van der Waals surface area contributed by atoms with E-state index in [0.29, 0.717) is 46.1 Å². The summed E-state index contributed by atoms with van der Waals surface area (Å²) in [5.74, 6) is -0.0752. The van der Waals surface area contributed by atoms with E-state index >= 15 is 0 Å². The second-order valence-corrected chi connectivity index (χ2v) is 10.2. The van der Waals surface area contributed by atoms with Crippen LogP contribution in [0.2, 0.25) is 0 Å². The summed E-state index contributed by atoms with van der Waals surface area (Å²) < 4.78 is 25.9. The maximum atomic E-state index is 14.6. The number of rotatable bonds is 9. The van der Waals surface area contributed by atoms with Crippen LogP contribution in [0.1, 0.15) is 54.6 Å². The molecule has 38 heavy (non-hydrogen) atoms. The Kier molecular flexibility index (Phi) is 7.51. The summed E-state index contributed by atoms with van der Waals surface area (Å²) in [7, 11) is 1.42. The number of aliphatic hydroxyl groups is 1. The largest absolute Gasteiger partial charge is 0.494 e. The van der Waals surface area contributed by atoms with Crippen molar-refractivity contribution in [3.05, 3.63) is 41.5 Å². The summed E-state index contributed by atoms with van der Waals surface area (Å²) in [6, 6.07) is 4.77. The number of nitrogens with zero attached hydrogens (tertiary/aromatic N) is 1. The number of aryl methyl sites for hydroxylation is 1. The van der Waals surface area contributed by atoms with Gasteiger partial charge in [0, 0.05) is 41.2 Å². The molecule has 2 aromatic heterocycles. The topological polar surface area (TPSA) is 126 Å². The quantitative estimate of drug-likeness (QED) is 0.339. The molecule has 10 heteroatoms. The normalized spacial score (nSPS) is 19.3. The molecule has 2 aliphatic carbocycles. The Balaban J connectivity index is 1.40. The average Bonchev–Trinajstić information content (AvgIpc) is 3.68. The summed E-state index contributed by atoms with van der Waals surface area (Å²) in [6.45, 7) is 1.83. The first-order chi connectivity index (χ1) is 18.4. The Bertz CT molecular complexity index is 1340. The lowest BCUT2D eigenvalue weighted by atomic mass is 9.91. The van der Waals surface area contributed by atoms with Gasteiger partial charge in [0.05, 0.1) is 24.8 Å². The molecule has 2 aliphatic rings. The fourth-order valence-electron chi connectivity index (χ4n) is 5.13. The maximum absolute atomic E-state index is 14.6. The molecule has 1 aromatic carbocycles. The molecule has 9 nitrogen and oxygen atoms in total. The Morgan fingerprint density at radius 2 is 1.79 bits per heavy atom. The number of carbonyl (C=O) groups excluding carboxylic acids is 2. The second kappa shape index (κ2) is 11.0. The molecular formula is C28H33FN4O5. The molecule has 0 bridgehead atoms. The molecule has 3 aromatic rings. The van der Waals surface area contributed by atoms with E-state index in [1.54, 1.807) is 12.3 Å². The van der Waals surface area contributed by atoms with Gasteiger partial charge in [-0.3, -0.25) is 14.6 Å². The SMILES string of the molecule is COc1cc(-c2ccnc3c(C(=O)NC4CCC(NC(=O)CO)CC4)c(C)[nH]c23)c(OCC2CC2)cc1F. The van der Waals surface area contributed by atoms with Gasteiger partial charge in [0.15, 0.2) is 11.6 Å². The molecule has 2 saturated carbocycles. The van der Waals surface area contributed by atoms with Crippen molar-refractivity contribution in [2.75, 3.05) is 20.3 Å². The molecule has 202 valence electrons. The zero-order chi connectivity index (χ0) is 26.8. The van der Waals surface area contributed by atoms with E-state index in [-0.39, 0.29) is 29.6 Å². The molecule has 0 unspecified atom stereocenters. The number of carbonyl (C=O) groups is 2. The van der Waals surface area contributed by atoms with E-state index in [1.165, 1.54) is 13.2 Å². The highest BCUT2D eigenvalue weighted by molar-refractivity contribution is 6.09. The van der Waals surface area contributed by atoms with Gasteiger partial charge < -0.3 is 30.2 Å². The molecule has 0 atom stereocenters. The summed E-state index contributed by atoms with van der Waals surface area (Å²) in [5, 5.41) is 14.9. The second-order valence-electron chi connectivity index (χ2n) is 10.2. The number of nitrogens with one attached hydrogen (secondary N) is 3. The van der Waals surface area contributed by atoms with Gasteiger partial charge in [-0.25, -0.2) is 4.39 Å². The van der Waals surface area contributed by atoms with Crippen molar-refractivity contribution < 1.29 is 28.6 Å². The minimum absolute atomic E-state index is 0.00545. The van der Waals surface area contributed by atoms with Crippen LogP contribution in [0.4, 0.5) is 4.39 Å². The Labute approximate surface area is 220 Å². The van der Waals surface area contributed by atoms with Crippen LogP contribution < -0.4 is 20.1 Å². The lowest BCUT2D eigenvalue weighted by Crippen LogP contribution is -2.44. The van der Waals surface area contributed by atoms with Gasteiger partial charge in [0.2, 0.25) is 5.91 Å². The minimum Gasteiger partial charge on any atom is -0.494 e. The van der Waals surface area contributed by atoms with E-state index in [0.717, 1.165) is 44.1 Å². The summed E-state index contributed by atoms with van der Waals surface area (Å²) in [5.41, 5.74) is 3.73. The number of aliphatic hydroxyl groups excluding tert-OH is 1. The highest BCUT2D eigenvalue weighted by atomic mass is 19.1. The first kappa shape index (κ1) is 26.0. The van der Waals surface area contributed by atoms with Gasteiger partial charge in [-0.15, -0.1) is 0 Å². The number of ether oxygens (including phenoxy) is 2. The first-order valence-electron chi connectivity index (χ1n) is 13.1. The van der Waals surface area contributed by atoms with Crippen LogP contribution in [-0.2, 0) is 4.79 Å². The standard InChI is InChI=1S/C28H33FN4O5/c1-15-25(28(36)33-18-7-5-17(6-8-18)32-24(35)13-34)27-26(31-15)19(9-10-30-27)20-11-23(37-2)21(29)12-22(20)38-14-16-3-4-16/h9-12,16-18,31,34H,3-8,13-14H2,1-2H3,(H,32,35)(H,33,36). The van der Waals surface area contributed by atoms with E-state index < -0.39 is 12.4 Å². The molecule has 4 N–H and O–H groups in total. The Morgan fingerprint density at radius 1 is 1.08 bits per heavy atom. The van der Waals surface area contributed by atoms with Gasteiger partial charge in [-0.2, -0.15) is 0 Å². The van der Waals surface area contributed by atoms with Gasteiger partial charge in [-0.1, -0.05) is 0 Å². The fourth-order valence-corrected chi connectivity index (χ4v) is 5.13. The third-order valence-corrected chi connectivity index (χ3v) is 7.39. The number of hydrogen-bond acceptors (Lipinski definition) is 6. The van der Waals surface area contributed by atoms with Crippen LogP contribution in [0.3, 0.4) is 0 Å². The summed E-state index contributed by atoms with van der Waals surface area (Å²) >= 11 is 0. The molecule has 0 saturated heterocycles. The van der Waals surface area contributed by atoms with Crippen molar-refractivity contribution in [1.29, 1.82) is 0 Å². The van der Waals surface area contributed by atoms with Crippen LogP contribution in [-0.4, -0.2) is 59.3 Å². The third kappa shape index (κ3) is 5.45. The smallest absolute Gasteiger partial charge is 0.255 e. The van der Waals surface area contributed by atoms with E-state index in [2.05, 4.69) is 20.6 Å². The Hall–Kier alpha value is -3.66. The van der Waals surface area contributed by atoms with Gasteiger partial charge in [0.1, 0.15) is 17.9 Å². The van der Waals surface area contributed by atoms with Gasteiger partial charge >= 0.3 is 0 Å². The van der Waals surface area contributed by atoms with Crippen LogP contribution >= 0.6 is 0 Å². The highest BCUT2D eigenvalue weighted by Crippen LogP contribution is 2.40. The number of aromatic amines is 1. The first-order valence-corrected chi connectivity index (χ1v) is 13.1. The highest BCUT2D eigenvalue weighted by Gasteiger charge is 2.27. The van der Waals surface area contributed by atoms with Crippen molar-refractivity contribution in [3.63, 3.8) is 0 Å². The molecule has 2 heterocycles. The molecule has 5 rings (SSSR count). The van der Waals surface area contributed by atoms with Crippen molar-refractivity contribution in [2.24, 2.45) is 5.92 Å². The van der Waals surface area contributed by atoms with Crippen molar-refractivity contribution in [2.45, 2.75) is 57.5 Å². The number of methoxy groups -OCH3 is 1. The molecule has 0 spiro atoms. The van der Waals surface area contributed by atoms with Crippen LogP contribution in [0.25, 0.3) is 22.2 Å². The summed E-state index contributed by atoms with van der Waals surface area (Å²) in [6.07, 6.45) is 6.75. The van der Waals surface area contributed by atoms with Crippen LogP contribution in [0, 0.1) is 18.7 Å². The van der Waals surface area contributed by atoms with Crippen molar-refractivity contribution in [3.8, 4) is 22.6 Å². The number of H-pyrrole nitrogens is 1. The minimum atomic E-state index is -0.523. The number of hydrogen-bond donors (Lipinski definition) is 4. The number of benzene rings is 1. The van der Waals surface area contributed by atoms with E-state index in [9.17, 15) is 14.0 Å². The number of pyridine rings is 1. The van der Waals surface area contributed by atoms with Crippen molar-refractivity contribution >= 4 is 22.8 Å². The van der Waals surface area contributed by atoms with Crippen LogP contribution in [0.15, 0.2) is 24.4 Å². The summed E-state index contributed by atoms with van der Waals surface area (Å²) in [4.78, 5) is 32.7. The van der Waals surface area contributed by atoms with E-state index in [1.807, 2.05) is 13.0 Å². The molecular weight excluding hydrogens is 491 g/mol. The van der Waals surface area contributed by atoms with Gasteiger partial charge in [0.25, 0.3) is 5.91 Å². The zero-order valence-electron chi connectivity index (χ0n) is 21.6. The number of amides is 2. The monoisotopic (exact) mass is 524 g/mol. The molecule has 0 aliphatic heterocycles. The fraction of sp³-hybridized carbons (Fsp3) is 0.464. The zero-order valence-corrected chi connectivity index (χ0v) is 21.6. The van der Waals surface area contributed by atoms with Gasteiger partial charge in [-0.05, 0) is 63.5 Å². The number of fused-ring (bicyclic) bond motifs is 1. The lowest BCUT2D eigenvalue weighted by molar-refractivity contribution is -0.124. The number of halogens is 1.